The number of benzene rings is 1. The van der Waals surface area contributed by atoms with E-state index in [4.69, 9.17) is 33.7 Å². The number of ether oxygens (including phenoxy) is 1. The summed E-state index contributed by atoms with van der Waals surface area (Å²) in [5.41, 5.74) is 5.67. The third kappa shape index (κ3) is 5.10. The van der Waals surface area contributed by atoms with Gasteiger partial charge in [-0.05, 0) is 18.1 Å². The van der Waals surface area contributed by atoms with Crippen molar-refractivity contribution in [1.29, 1.82) is 0 Å². The van der Waals surface area contributed by atoms with Crippen molar-refractivity contribution in [2.45, 2.75) is 18.7 Å². The van der Waals surface area contributed by atoms with E-state index in [1.807, 2.05) is 13.8 Å². The van der Waals surface area contributed by atoms with Gasteiger partial charge in [-0.2, -0.15) is 0 Å². The highest BCUT2D eigenvalue weighted by Crippen LogP contribution is 2.30. The standard InChI is InChI=1S/C12H18Cl2N2O3S/c1-8(2)7-19-4-3-16-20(17,18)12-10(14)5-9(13)6-11(12)15/h5-6,8,16H,3-4,7,15H2,1-2H3. The summed E-state index contributed by atoms with van der Waals surface area (Å²) in [4.78, 5) is -0.160. The predicted molar refractivity (Wildman–Crippen MR) is 81.7 cm³/mol. The van der Waals surface area contributed by atoms with Crippen molar-refractivity contribution in [3.8, 4) is 0 Å². The second-order valence-corrected chi connectivity index (χ2v) is 7.22. The summed E-state index contributed by atoms with van der Waals surface area (Å²) in [6.07, 6.45) is 0. The molecule has 0 fully saturated rings. The maximum atomic E-state index is 12.1. The average molecular weight is 341 g/mol. The molecule has 0 atom stereocenters. The Labute approximate surface area is 129 Å². The Bertz CT molecular complexity index is 539. The molecular weight excluding hydrogens is 323 g/mol. The summed E-state index contributed by atoms with van der Waals surface area (Å²) in [7, 11) is -3.78. The molecular formula is C12H18Cl2N2O3S. The summed E-state index contributed by atoms with van der Waals surface area (Å²) in [5, 5.41) is 0.275. The van der Waals surface area contributed by atoms with Gasteiger partial charge in [0, 0.05) is 18.2 Å². The summed E-state index contributed by atoms with van der Waals surface area (Å²) in [6.45, 7) is 5.03. The molecule has 0 saturated carbocycles. The van der Waals surface area contributed by atoms with Crippen molar-refractivity contribution in [1.82, 2.24) is 4.72 Å². The zero-order valence-electron chi connectivity index (χ0n) is 11.3. The quantitative estimate of drug-likeness (QED) is 0.590. The van der Waals surface area contributed by atoms with Crippen LogP contribution in [0, 0.1) is 5.92 Å². The van der Waals surface area contributed by atoms with Crippen LogP contribution in [0.5, 0.6) is 0 Å². The van der Waals surface area contributed by atoms with Gasteiger partial charge >= 0.3 is 0 Å². The zero-order chi connectivity index (χ0) is 15.3. The first-order chi connectivity index (χ1) is 9.24. The third-order valence-electron chi connectivity index (χ3n) is 2.30. The molecule has 0 spiro atoms. The van der Waals surface area contributed by atoms with Crippen molar-refractivity contribution in [2.24, 2.45) is 5.92 Å². The van der Waals surface area contributed by atoms with Gasteiger partial charge in [0.05, 0.1) is 17.3 Å². The Balaban J connectivity index is 2.70. The lowest BCUT2D eigenvalue weighted by Crippen LogP contribution is -2.28. The first-order valence-electron chi connectivity index (χ1n) is 6.06. The van der Waals surface area contributed by atoms with Crippen LogP contribution in [0.1, 0.15) is 13.8 Å². The largest absolute Gasteiger partial charge is 0.398 e. The van der Waals surface area contributed by atoms with Gasteiger partial charge in [0.25, 0.3) is 0 Å². The molecule has 0 amide bonds. The molecule has 8 heteroatoms. The molecule has 0 radical (unpaired) electrons. The normalized spacial score (nSPS) is 12.1. The Morgan fingerprint density at radius 3 is 2.55 bits per heavy atom. The van der Waals surface area contributed by atoms with Gasteiger partial charge in [-0.1, -0.05) is 37.0 Å². The van der Waals surface area contributed by atoms with E-state index in [1.54, 1.807) is 0 Å². The highest BCUT2D eigenvalue weighted by atomic mass is 35.5. The van der Waals surface area contributed by atoms with Gasteiger partial charge in [-0.25, -0.2) is 13.1 Å². The molecule has 20 heavy (non-hydrogen) atoms. The van der Waals surface area contributed by atoms with Crippen LogP contribution in [0.25, 0.3) is 0 Å². The molecule has 1 aromatic rings. The van der Waals surface area contributed by atoms with E-state index in [2.05, 4.69) is 4.72 Å². The van der Waals surface area contributed by atoms with E-state index in [1.165, 1.54) is 12.1 Å². The maximum absolute atomic E-state index is 12.1. The van der Waals surface area contributed by atoms with Gasteiger partial charge in [-0.15, -0.1) is 0 Å². The van der Waals surface area contributed by atoms with Crippen molar-refractivity contribution >= 4 is 38.9 Å². The molecule has 3 N–H and O–H groups in total. The van der Waals surface area contributed by atoms with Crippen LogP contribution in [-0.2, 0) is 14.8 Å². The molecule has 0 aliphatic heterocycles. The highest BCUT2D eigenvalue weighted by molar-refractivity contribution is 7.89. The molecule has 0 saturated heterocycles. The lowest BCUT2D eigenvalue weighted by atomic mass is 10.2. The van der Waals surface area contributed by atoms with Crippen LogP contribution in [0.2, 0.25) is 10.0 Å². The molecule has 0 bridgehead atoms. The van der Waals surface area contributed by atoms with E-state index in [9.17, 15) is 8.42 Å². The molecule has 5 nitrogen and oxygen atoms in total. The summed E-state index contributed by atoms with van der Waals surface area (Å²) < 4.78 is 31.9. The number of hydrogen-bond acceptors (Lipinski definition) is 4. The van der Waals surface area contributed by atoms with Crippen molar-refractivity contribution in [3.05, 3.63) is 22.2 Å². The SMILES string of the molecule is CC(C)COCCNS(=O)(=O)c1c(N)cc(Cl)cc1Cl. The third-order valence-corrected chi connectivity index (χ3v) is 4.50. The topological polar surface area (TPSA) is 81.4 Å². The molecule has 114 valence electrons. The molecule has 0 unspecified atom stereocenters. The summed E-state index contributed by atoms with van der Waals surface area (Å²) in [6, 6.07) is 2.68. The van der Waals surface area contributed by atoms with Gasteiger partial charge in [-0.3, -0.25) is 0 Å². The number of rotatable bonds is 7. The first-order valence-corrected chi connectivity index (χ1v) is 8.30. The van der Waals surface area contributed by atoms with Crippen LogP contribution >= 0.6 is 23.2 Å². The summed E-state index contributed by atoms with van der Waals surface area (Å²) >= 11 is 11.6. The van der Waals surface area contributed by atoms with Crippen molar-refractivity contribution in [3.63, 3.8) is 0 Å². The van der Waals surface area contributed by atoms with Gasteiger partial charge in [0.2, 0.25) is 10.0 Å². The van der Waals surface area contributed by atoms with Crippen LogP contribution in [-0.4, -0.2) is 28.2 Å². The second-order valence-electron chi connectivity index (χ2n) is 4.67. The number of anilines is 1. The highest BCUT2D eigenvalue weighted by Gasteiger charge is 2.21. The Morgan fingerprint density at radius 1 is 1.35 bits per heavy atom. The molecule has 1 aromatic carbocycles. The minimum absolute atomic E-state index is 0.00870. The average Bonchev–Trinajstić information content (AvgIpc) is 2.25. The van der Waals surface area contributed by atoms with Gasteiger partial charge in [0.1, 0.15) is 4.90 Å². The molecule has 0 aromatic heterocycles. The summed E-state index contributed by atoms with van der Waals surface area (Å²) in [5.74, 6) is 0.396. The number of halogens is 2. The van der Waals surface area contributed by atoms with E-state index in [0.29, 0.717) is 12.5 Å². The lowest BCUT2D eigenvalue weighted by Gasteiger charge is -2.12. The molecule has 0 heterocycles. The van der Waals surface area contributed by atoms with Crippen LogP contribution < -0.4 is 10.5 Å². The Morgan fingerprint density at radius 2 is 2.00 bits per heavy atom. The lowest BCUT2D eigenvalue weighted by molar-refractivity contribution is 0.114. The van der Waals surface area contributed by atoms with Gasteiger partial charge < -0.3 is 10.5 Å². The van der Waals surface area contributed by atoms with Gasteiger partial charge in [0.15, 0.2) is 0 Å². The van der Waals surface area contributed by atoms with Crippen molar-refractivity contribution < 1.29 is 13.2 Å². The number of nitrogens with two attached hydrogens (primary N) is 1. The van der Waals surface area contributed by atoms with E-state index in [-0.39, 0.29) is 33.8 Å². The van der Waals surface area contributed by atoms with E-state index in [0.717, 1.165) is 0 Å². The number of nitrogens with one attached hydrogen (secondary N) is 1. The number of nitrogen functional groups attached to an aromatic ring is 1. The monoisotopic (exact) mass is 340 g/mol. The Kier molecular flexibility index (Phi) is 6.54. The first kappa shape index (κ1) is 17.5. The fourth-order valence-corrected chi connectivity index (χ4v) is 3.50. The molecule has 1 rings (SSSR count). The van der Waals surface area contributed by atoms with Crippen LogP contribution in [0.3, 0.4) is 0 Å². The predicted octanol–water partition coefficient (Wildman–Crippen LogP) is 2.53. The van der Waals surface area contributed by atoms with E-state index < -0.39 is 10.0 Å². The zero-order valence-corrected chi connectivity index (χ0v) is 13.6. The van der Waals surface area contributed by atoms with Crippen LogP contribution in [0.15, 0.2) is 17.0 Å². The maximum Gasteiger partial charge on any atom is 0.244 e. The second kappa shape index (κ2) is 7.47. The fourth-order valence-electron chi connectivity index (χ4n) is 1.50. The molecule has 0 aliphatic rings. The number of hydrogen-bond donors (Lipinski definition) is 2. The minimum Gasteiger partial charge on any atom is -0.398 e. The molecule has 0 aliphatic carbocycles. The Hall–Kier alpha value is -0.530. The smallest absolute Gasteiger partial charge is 0.244 e. The van der Waals surface area contributed by atoms with Crippen LogP contribution in [0.4, 0.5) is 5.69 Å². The van der Waals surface area contributed by atoms with E-state index >= 15 is 0 Å². The fraction of sp³-hybridized carbons (Fsp3) is 0.500. The number of sulfonamides is 1. The van der Waals surface area contributed by atoms with Crippen molar-refractivity contribution in [2.75, 3.05) is 25.5 Å². The minimum atomic E-state index is -3.78.